The summed E-state index contributed by atoms with van der Waals surface area (Å²) in [5.41, 5.74) is 4.57. The van der Waals surface area contributed by atoms with Crippen molar-refractivity contribution < 1.29 is 19.8 Å². The second-order valence-electron chi connectivity index (χ2n) is 10.2. The van der Waals surface area contributed by atoms with E-state index in [-0.39, 0.29) is 14.0 Å². The van der Waals surface area contributed by atoms with Crippen LogP contribution in [0.4, 0.5) is 0 Å². The molecule has 0 saturated heterocycles. The zero-order chi connectivity index (χ0) is 30.0. The summed E-state index contributed by atoms with van der Waals surface area (Å²) < 4.78 is 7.50. The van der Waals surface area contributed by atoms with Crippen molar-refractivity contribution in [2.75, 3.05) is 12.7 Å². The van der Waals surface area contributed by atoms with Crippen molar-refractivity contribution in [2.45, 2.75) is 50.7 Å². The molecule has 0 heterocycles. The third kappa shape index (κ3) is 10.8. The van der Waals surface area contributed by atoms with Crippen LogP contribution in [0.15, 0.2) is 121 Å². The van der Waals surface area contributed by atoms with Gasteiger partial charge in [-0.1, -0.05) is 149 Å². The SMILES string of the molecule is CC(C)P(CCN[C@@H](c1ccccc1)[C@H](c1ccccc1)P(c1ccccc1)c1ccccc1)C(C)C.[C-]#[O+].[Cl][FeH]. The summed E-state index contributed by atoms with van der Waals surface area (Å²) in [7, 11) is 3.77. The average molecular weight is 646 g/mol. The average Bonchev–Trinajstić information content (AvgIpc) is 3.03. The molecule has 2 nitrogen and oxygen atoms in total. The molecule has 0 radical (unpaired) electrons. The van der Waals surface area contributed by atoms with Gasteiger partial charge in [-0.2, -0.15) is 0 Å². The van der Waals surface area contributed by atoms with Crippen molar-refractivity contribution in [1.29, 1.82) is 0 Å². The molecule has 0 bridgehead atoms. The van der Waals surface area contributed by atoms with Gasteiger partial charge < -0.3 is 5.32 Å². The van der Waals surface area contributed by atoms with Gasteiger partial charge in [-0.3, -0.25) is 0 Å². The van der Waals surface area contributed by atoms with Crippen molar-refractivity contribution in [3.8, 4) is 0 Å². The molecule has 0 unspecified atom stereocenters. The quantitative estimate of drug-likeness (QED) is 0.0710. The molecule has 4 aromatic carbocycles. The number of halogens is 1. The van der Waals surface area contributed by atoms with Gasteiger partial charge in [0.1, 0.15) is 0 Å². The predicted octanol–water partition coefficient (Wildman–Crippen LogP) is 8.87. The van der Waals surface area contributed by atoms with Gasteiger partial charge >= 0.3 is 36.5 Å². The Labute approximate surface area is 263 Å². The van der Waals surface area contributed by atoms with Crippen LogP contribution in [0.3, 0.4) is 0 Å². The number of hydrogen-bond acceptors (Lipinski definition) is 1. The Kier molecular flexibility index (Phi) is 17.5. The fourth-order valence-corrected chi connectivity index (χ4v) is 10.9. The topological polar surface area (TPSA) is 31.9 Å². The van der Waals surface area contributed by atoms with Gasteiger partial charge in [0.15, 0.2) is 0 Å². The summed E-state index contributed by atoms with van der Waals surface area (Å²) in [6.07, 6.45) is 1.25. The maximum atomic E-state index is 7.50. The molecule has 0 fully saturated rings. The van der Waals surface area contributed by atoms with Crippen LogP contribution >= 0.6 is 25.9 Å². The molecule has 4 rings (SSSR count). The van der Waals surface area contributed by atoms with Crippen molar-refractivity contribution in [3.05, 3.63) is 139 Å². The molecule has 41 heavy (non-hydrogen) atoms. The zero-order valence-electron chi connectivity index (χ0n) is 24.3. The number of hydrogen-bond donors (Lipinski definition) is 1. The number of nitrogens with one attached hydrogen (secondary N) is 1. The third-order valence-electron chi connectivity index (χ3n) is 7.02. The summed E-state index contributed by atoms with van der Waals surface area (Å²) in [5, 5.41) is 6.97. The Hall–Kier alpha value is -1.75. The van der Waals surface area contributed by atoms with Crippen LogP contribution in [0.2, 0.25) is 0 Å². The first kappa shape index (κ1) is 35.4. The minimum atomic E-state index is -0.668. The Morgan fingerprint density at radius 1 is 0.634 bits per heavy atom. The molecule has 6 heteroatoms. The van der Waals surface area contributed by atoms with E-state index in [4.69, 9.17) is 4.65 Å². The van der Waals surface area contributed by atoms with Crippen LogP contribution in [0.5, 0.6) is 0 Å². The van der Waals surface area contributed by atoms with Crippen LogP contribution < -0.4 is 15.9 Å². The zero-order valence-corrected chi connectivity index (χ0v) is 28.1. The summed E-state index contributed by atoms with van der Waals surface area (Å²) in [6, 6.07) is 44.9. The van der Waals surface area contributed by atoms with Crippen molar-refractivity contribution in [1.82, 2.24) is 5.32 Å². The first-order valence-electron chi connectivity index (χ1n) is 13.9. The molecule has 0 aliphatic carbocycles. The standard InChI is InChI=1S/C34H41NP2.CO.ClH.Fe.H/c1-27(2)36(28(3)4)26-25-35-33(29-17-9-5-10-18-29)34(30-19-11-6-12-20-30)37(31-21-13-7-14-22-31)32-23-15-8-16-24-32;1-2;;;/h5-24,27-28,33-35H,25-26H2,1-4H3;;1H;;/q;;;+1;/p-1/t33-,34-;;;;/m0..../s1. The molecule has 0 aromatic heterocycles. The van der Waals surface area contributed by atoms with Gasteiger partial charge in [-0.05, 0) is 53.7 Å². The van der Waals surface area contributed by atoms with Gasteiger partial charge in [0.25, 0.3) is 0 Å². The van der Waals surface area contributed by atoms with E-state index >= 15 is 0 Å². The van der Waals surface area contributed by atoms with Crippen LogP contribution in [0.25, 0.3) is 0 Å². The van der Waals surface area contributed by atoms with Crippen LogP contribution in [0, 0.1) is 6.65 Å². The molecule has 0 saturated carbocycles. The molecule has 0 aliphatic heterocycles. The first-order chi connectivity index (χ1) is 20.1. The summed E-state index contributed by atoms with van der Waals surface area (Å²) in [6.45, 7) is 15.1. The monoisotopic (exact) mass is 645 g/mol. The Balaban J connectivity index is 0.00000141. The predicted molar refractivity (Wildman–Crippen MR) is 179 cm³/mol. The van der Waals surface area contributed by atoms with Gasteiger partial charge in [-0.15, -0.1) is 7.92 Å². The second kappa shape index (κ2) is 20.2. The van der Waals surface area contributed by atoms with Gasteiger partial charge in [0.05, 0.1) is 0 Å². The minimum absolute atomic E-state index is 0.0119. The Morgan fingerprint density at radius 3 is 1.39 bits per heavy atom. The van der Waals surface area contributed by atoms with Crippen molar-refractivity contribution in [2.24, 2.45) is 0 Å². The van der Waals surface area contributed by atoms with E-state index < -0.39 is 7.92 Å². The molecular weight excluding hydrogens is 604 g/mol. The van der Waals surface area contributed by atoms with E-state index in [9.17, 15) is 0 Å². The normalized spacial score (nSPS) is 12.3. The van der Waals surface area contributed by atoms with E-state index in [2.05, 4.69) is 186 Å². The fourth-order valence-electron chi connectivity index (χ4n) is 5.32. The van der Waals surface area contributed by atoms with Gasteiger partial charge in [0.2, 0.25) is 0 Å². The van der Waals surface area contributed by atoms with Crippen LogP contribution in [-0.4, -0.2) is 24.0 Å². The summed E-state index contributed by atoms with van der Waals surface area (Å²) in [5.74, 6) is 0. The first-order valence-corrected chi connectivity index (χ1v) is 18.6. The number of rotatable bonds is 12. The molecule has 1 N–H and O–H groups in total. The molecule has 218 valence electrons. The van der Waals surface area contributed by atoms with E-state index in [1.807, 2.05) is 0 Å². The fraction of sp³-hybridized carbons (Fsp3) is 0.286. The van der Waals surface area contributed by atoms with E-state index in [1.165, 1.54) is 27.9 Å². The Morgan fingerprint density at radius 2 is 1.00 bits per heavy atom. The molecule has 0 amide bonds. The van der Waals surface area contributed by atoms with Gasteiger partial charge in [0, 0.05) is 11.7 Å². The molecule has 4 aromatic rings. The summed E-state index contributed by atoms with van der Waals surface area (Å²) >= 11 is 2.41. The van der Waals surface area contributed by atoms with Crippen molar-refractivity contribution in [3.63, 3.8) is 0 Å². The molecule has 0 spiro atoms. The summed E-state index contributed by atoms with van der Waals surface area (Å²) in [4.78, 5) is 0. The second-order valence-corrected chi connectivity index (χ2v) is 16.0. The van der Waals surface area contributed by atoms with E-state index in [1.54, 1.807) is 0 Å². The van der Waals surface area contributed by atoms with Crippen molar-refractivity contribution >= 4 is 36.6 Å². The Bertz CT molecular complexity index is 1180. The van der Waals surface area contributed by atoms with E-state index in [0.29, 0.717) is 5.66 Å². The molecule has 2 atom stereocenters. The van der Waals surface area contributed by atoms with Gasteiger partial charge in [-0.25, -0.2) is 0 Å². The number of benzene rings is 4. The maximum absolute atomic E-state index is 7.50. The van der Waals surface area contributed by atoms with E-state index in [0.717, 1.165) is 17.9 Å². The van der Waals surface area contributed by atoms with Crippen LogP contribution in [-0.2, 0) is 19.8 Å². The van der Waals surface area contributed by atoms with Crippen LogP contribution in [0.1, 0.15) is 50.5 Å². The molecule has 0 aliphatic rings. The molecular formula is C35H42ClFeNOP2. The third-order valence-corrected chi connectivity index (χ3v) is 13.3.